The molecule has 1 amide bonds. The van der Waals surface area contributed by atoms with Crippen molar-refractivity contribution in [2.75, 3.05) is 0 Å². The van der Waals surface area contributed by atoms with E-state index in [0.29, 0.717) is 11.6 Å². The summed E-state index contributed by atoms with van der Waals surface area (Å²) in [7, 11) is 0. The minimum absolute atomic E-state index is 0.0644. The Kier molecular flexibility index (Phi) is 3.90. The second kappa shape index (κ2) is 6.56. The number of aromatic amines is 1. The van der Waals surface area contributed by atoms with Gasteiger partial charge in [0.15, 0.2) is 0 Å². The van der Waals surface area contributed by atoms with Crippen molar-refractivity contribution in [2.45, 2.75) is 25.8 Å². The monoisotopic (exact) mass is 369 g/mol. The average Bonchev–Trinajstić information content (AvgIpc) is 3.44. The SMILES string of the molecule is Cc1n[nH]cc1-c1ccc(-c2cncc3ncc(C(=O)NC4CC4)cc23)cc1. The van der Waals surface area contributed by atoms with E-state index in [1.165, 1.54) is 0 Å². The molecule has 3 heterocycles. The van der Waals surface area contributed by atoms with Crippen LogP contribution < -0.4 is 5.32 Å². The van der Waals surface area contributed by atoms with Gasteiger partial charge < -0.3 is 5.32 Å². The lowest BCUT2D eigenvalue weighted by Gasteiger charge is -2.09. The minimum Gasteiger partial charge on any atom is -0.349 e. The largest absolute Gasteiger partial charge is 0.349 e. The maximum absolute atomic E-state index is 12.4. The molecule has 138 valence electrons. The van der Waals surface area contributed by atoms with Crippen LogP contribution in [0.2, 0.25) is 0 Å². The number of hydrogen-bond acceptors (Lipinski definition) is 4. The summed E-state index contributed by atoms with van der Waals surface area (Å²) in [5.41, 5.74) is 6.50. The number of H-pyrrole nitrogens is 1. The molecule has 1 aliphatic rings. The van der Waals surface area contributed by atoms with E-state index in [9.17, 15) is 4.79 Å². The first-order valence-corrected chi connectivity index (χ1v) is 9.35. The molecule has 0 bridgehead atoms. The number of aryl methyl sites for hydroxylation is 1. The van der Waals surface area contributed by atoms with E-state index >= 15 is 0 Å². The predicted molar refractivity (Wildman–Crippen MR) is 108 cm³/mol. The fourth-order valence-electron chi connectivity index (χ4n) is 3.38. The molecule has 3 aromatic heterocycles. The summed E-state index contributed by atoms with van der Waals surface area (Å²) in [5, 5.41) is 11.0. The van der Waals surface area contributed by atoms with Gasteiger partial charge in [0.25, 0.3) is 5.91 Å². The highest BCUT2D eigenvalue weighted by Gasteiger charge is 2.24. The molecular weight excluding hydrogens is 350 g/mol. The van der Waals surface area contributed by atoms with Crippen LogP contribution in [0.15, 0.2) is 55.1 Å². The van der Waals surface area contributed by atoms with Crippen LogP contribution in [0.1, 0.15) is 28.9 Å². The van der Waals surface area contributed by atoms with Crippen molar-refractivity contribution in [1.29, 1.82) is 0 Å². The first-order valence-electron chi connectivity index (χ1n) is 9.35. The van der Waals surface area contributed by atoms with E-state index < -0.39 is 0 Å². The van der Waals surface area contributed by atoms with Crippen LogP contribution in [-0.4, -0.2) is 32.1 Å². The van der Waals surface area contributed by atoms with Crippen molar-refractivity contribution in [3.05, 3.63) is 66.4 Å². The minimum atomic E-state index is -0.0644. The van der Waals surface area contributed by atoms with Crippen molar-refractivity contribution in [1.82, 2.24) is 25.5 Å². The molecule has 1 saturated carbocycles. The zero-order valence-corrected chi connectivity index (χ0v) is 15.4. The van der Waals surface area contributed by atoms with Gasteiger partial charge in [-0.2, -0.15) is 5.10 Å². The molecule has 0 spiro atoms. The quantitative estimate of drug-likeness (QED) is 0.572. The van der Waals surface area contributed by atoms with Crippen LogP contribution >= 0.6 is 0 Å². The summed E-state index contributed by atoms with van der Waals surface area (Å²) in [6, 6.07) is 10.5. The lowest BCUT2D eigenvalue weighted by Crippen LogP contribution is -2.25. The van der Waals surface area contributed by atoms with Gasteiger partial charge in [-0.05, 0) is 37.0 Å². The Hall–Kier alpha value is -3.54. The normalized spacial score (nSPS) is 13.6. The third kappa shape index (κ3) is 3.03. The zero-order chi connectivity index (χ0) is 19.1. The van der Waals surface area contributed by atoms with Gasteiger partial charge in [0, 0.05) is 41.1 Å². The summed E-state index contributed by atoms with van der Waals surface area (Å²) < 4.78 is 0. The summed E-state index contributed by atoms with van der Waals surface area (Å²) in [5.74, 6) is -0.0644. The maximum Gasteiger partial charge on any atom is 0.253 e. The first kappa shape index (κ1) is 16.6. The van der Waals surface area contributed by atoms with Crippen LogP contribution in [0.3, 0.4) is 0 Å². The molecule has 0 aliphatic heterocycles. The van der Waals surface area contributed by atoms with Crippen molar-refractivity contribution in [3.8, 4) is 22.3 Å². The Bertz CT molecular complexity index is 1180. The molecule has 1 aliphatic carbocycles. The number of amides is 1. The van der Waals surface area contributed by atoms with Gasteiger partial charge in [-0.25, -0.2) is 0 Å². The molecule has 0 unspecified atom stereocenters. The van der Waals surface area contributed by atoms with Crippen molar-refractivity contribution in [2.24, 2.45) is 0 Å². The summed E-state index contributed by atoms with van der Waals surface area (Å²) in [6.07, 6.45) is 9.19. The van der Waals surface area contributed by atoms with Gasteiger partial charge in [0.05, 0.1) is 23.0 Å². The summed E-state index contributed by atoms with van der Waals surface area (Å²) in [6.45, 7) is 1.98. The molecular formula is C22H19N5O. The standard InChI is InChI=1S/C22H19N5O/c1-13-19(11-25-27-13)14-2-4-15(5-3-14)20-10-23-12-21-18(20)8-16(9-24-21)22(28)26-17-6-7-17/h2-5,8-12,17H,6-7H2,1H3,(H,25,27)(H,26,28). The van der Waals surface area contributed by atoms with Gasteiger partial charge in [-0.3, -0.25) is 19.9 Å². The number of hydrogen-bond donors (Lipinski definition) is 2. The molecule has 6 heteroatoms. The van der Waals surface area contributed by atoms with Gasteiger partial charge >= 0.3 is 0 Å². The van der Waals surface area contributed by atoms with Crippen molar-refractivity contribution in [3.63, 3.8) is 0 Å². The van der Waals surface area contributed by atoms with Crippen LogP contribution in [0.25, 0.3) is 33.2 Å². The second-order valence-electron chi connectivity index (χ2n) is 7.19. The van der Waals surface area contributed by atoms with Crippen LogP contribution in [0.4, 0.5) is 0 Å². The molecule has 1 fully saturated rings. The van der Waals surface area contributed by atoms with E-state index in [1.54, 1.807) is 12.4 Å². The number of carbonyl (C=O) groups excluding carboxylic acids is 1. The number of aromatic nitrogens is 4. The zero-order valence-electron chi connectivity index (χ0n) is 15.4. The Labute approximate surface area is 162 Å². The van der Waals surface area contributed by atoms with E-state index in [-0.39, 0.29) is 5.91 Å². The van der Waals surface area contributed by atoms with E-state index in [4.69, 9.17) is 0 Å². The highest BCUT2D eigenvalue weighted by Crippen LogP contribution is 2.30. The molecule has 1 aromatic carbocycles. The molecule has 0 radical (unpaired) electrons. The van der Waals surface area contributed by atoms with Gasteiger partial charge in [-0.15, -0.1) is 0 Å². The third-order valence-electron chi connectivity index (χ3n) is 5.12. The third-order valence-corrected chi connectivity index (χ3v) is 5.12. The van der Waals surface area contributed by atoms with Gasteiger partial charge in [-0.1, -0.05) is 24.3 Å². The summed E-state index contributed by atoms with van der Waals surface area (Å²) in [4.78, 5) is 21.2. The Morgan fingerprint density at radius 2 is 1.82 bits per heavy atom. The van der Waals surface area contributed by atoms with Crippen LogP contribution in [0.5, 0.6) is 0 Å². The Morgan fingerprint density at radius 3 is 2.50 bits per heavy atom. The molecule has 0 atom stereocenters. The fraction of sp³-hybridized carbons (Fsp3) is 0.182. The van der Waals surface area contributed by atoms with Gasteiger partial charge in [0.1, 0.15) is 0 Å². The molecule has 28 heavy (non-hydrogen) atoms. The number of fused-ring (bicyclic) bond motifs is 1. The fourth-order valence-corrected chi connectivity index (χ4v) is 3.38. The first-order chi connectivity index (χ1) is 13.7. The van der Waals surface area contributed by atoms with E-state index in [0.717, 1.165) is 51.7 Å². The van der Waals surface area contributed by atoms with Gasteiger partial charge in [0.2, 0.25) is 0 Å². The highest BCUT2D eigenvalue weighted by atomic mass is 16.1. The second-order valence-corrected chi connectivity index (χ2v) is 7.19. The molecule has 0 saturated heterocycles. The smallest absolute Gasteiger partial charge is 0.253 e. The Morgan fingerprint density at radius 1 is 1.07 bits per heavy atom. The Balaban J connectivity index is 1.54. The molecule has 4 aromatic rings. The van der Waals surface area contributed by atoms with Crippen molar-refractivity contribution < 1.29 is 4.79 Å². The molecule has 6 nitrogen and oxygen atoms in total. The van der Waals surface area contributed by atoms with Crippen molar-refractivity contribution >= 4 is 16.8 Å². The lowest BCUT2D eigenvalue weighted by molar-refractivity contribution is 0.0951. The number of nitrogens with one attached hydrogen (secondary N) is 2. The number of rotatable bonds is 4. The highest BCUT2D eigenvalue weighted by molar-refractivity contribution is 6.01. The van der Waals surface area contributed by atoms with Crippen LogP contribution in [0, 0.1) is 6.92 Å². The maximum atomic E-state index is 12.4. The van der Waals surface area contributed by atoms with E-state index in [2.05, 4.69) is 49.7 Å². The number of benzene rings is 1. The number of pyridine rings is 2. The number of carbonyl (C=O) groups is 1. The topological polar surface area (TPSA) is 83.6 Å². The van der Waals surface area contributed by atoms with E-state index in [1.807, 2.05) is 25.4 Å². The van der Waals surface area contributed by atoms with Crippen LogP contribution in [-0.2, 0) is 0 Å². The molecule has 2 N–H and O–H groups in total. The molecule has 5 rings (SSSR count). The number of nitrogens with zero attached hydrogens (tertiary/aromatic N) is 3. The lowest BCUT2D eigenvalue weighted by atomic mass is 9.99. The average molecular weight is 369 g/mol. The predicted octanol–water partition coefficient (Wildman–Crippen LogP) is 3.89. The summed E-state index contributed by atoms with van der Waals surface area (Å²) >= 11 is 0.